The predicted molar refractivity (Wildman–Crippen MR) is 80.3 cm³/mol. The number of halogens is 1. The molecule has 1 N–H and O–H groups in total. The molecular formula is C15H17ClN2O3. The lowest BCUT2D eigenvalue weighted by Gasteiger charge is -2.10. The zero-order valence-electron chi connectivity index (χ0n) is 11.8. The largest absolute Gasteiger partial charge is 0.465 e. The van der Waals surface area contributed by atoms with E-state index >= 15 is 0 Å². The Morgan fingerprint density at radius 1 is 1.38 bits per heavy atom. The summed E-state index contributed by atoms with van der Waals surface area (Å²) >= 11 is 5.77. The molecule has 0 heterocycles. The Bertz CT molecular complexity index is 555. The summed E-state index contributed by atoms with van der Waals surface area (Å²) < 4.78 is 5.01. The number of carbonyl (C=O) groups excluding carboxylic acids is 2. The number of hydrogen-bond acceptors (Lipinski definition) is 4. The molecule has 112 valence electrons. The fourth-order valence-corrected chi connectivity index (χ4v) is 2.37. The Kier molecular flexibility index (Phi) is 5.33. The zero-order chi connectivity index (χ0) is 15.2. The molecular weight excluding hydrogens is 292 g/mol. The fourth-order valence-electron chi connectivity index (χ4n) is 2.25. The fraction of sp³-hybridized carbons (Fsp3) is 0.400. The Morgan fingerprint density at radius 2 is 2.10 bits per heavy atom. The highest BCUT2D eigenvalue weighted by Crippen LogP contribution is 2.23. The molecule has 1 fully saturated rings. The van der Waals surface area contributed by atoms with Crippen molar-refractivity contribution in [3.05, 3.63) is 34.9 Å². The van der Waals surface area contributed by atoms with Crippen LogP contribution in [-0.4, -0.2) is 24.2 Å². The first-order valence-electron chi connectivity index (χ1n) is 6.90. The number of rotatable bonds is 4. The minimum atomic E-state index is -0.338. The summed E-state index contributed by atoms with van der Waals surface area (Å²) in [5, 5.41) is 4.66. The molecule has 0 spiro atoms. The summed E-state index contributed by atoms with van der Waals surface area (Å²) in [5.74, 6) is -0.932. The van der Waals surface area contributed by atoms with Gasteiger partial charge in [0.2, 0.25) is 0 Å². The lowest BCUT2D eigenvalue weighted by Crippen LogP contribution is -2.25. The van der Waals surface area contributed by atoms with Crippen molar-refractivity contribution >= 4 is 29.2 Å². The Hall–Kier alpha value is -1.88. The van der Waals surface area contributed by atoms with Crippen molar-refractivity contribution in [2.75, 3.05) is 6.61 Å². The molecule has 0 saturated heterocycles. The molecule has 2 rings (SSSR count). The molecule has 1 amide bonds. The van der Waals surface area contributed by atoms with Crippen LogP contribution in [0.3, 0.4) is 0 Å². The molecule has 5 nitrogen and oxygen atoms in total. The van der Waals surface area contributed by atoms with Gasteiger partial charge >= 0.3 is 5.97 Å². The number of ether oxygens (including phenoxy) is 1. The highest BCUT2D eigenvalue weighted by molar-refractivity contribution is 6.30. The predicted octanol–water partition coefficient (Wildman–Crippen LogP) is 2.79. The summed E-state index contributed by atoms with van der Waals surface area (Å²) in [6.07, 6.45) is 2.29. The quantitative estimate of drug-likeness (QED) is 0.687. The van der Waals surface area contributed by atoms with E-state index in [1.165, 1.54) is 0 Å². The number of esters is 1. The number of benzene rings is 1. The van der Waals surface area contributed by atoms with Crippen molar-refractivity contribution in [3.8, 4) is 0 Å². The first-order chi connectivity index (χ1) is 10.1. The molecule has 1 aliphatic rings. The van der Waals surface area contributed by atoms with E-state index in [-0.39, 0.29) is 17.8 Å². The van der Waals surface area contributed by atoms with Gasteiger partial charge in [-0.15, -0.1) is 0 Å². The van der Waals surface area contributed by atoms with Gasteiger partial charge in [-0.05, 0) is 50.5 Å². The molecule has 1 saturated carbocycles. The third-order valence-corrected chi connectivity index (χ3v) is 3.56. The second-order valence-corrected chi connectivity index (χ2v) is 5.18. The van der Waals surface area contributed by atoms with Crippen LogP contribution in [0.25, 0.3) is 0 Å². The van der Waals surface area contributed by atoms with Gasteiger partial charge in [0, 0.05) is 10.6 Å². The van der Waals surface area contributed by atoms with Crippen LogP contribution >= 0.6 is 11.6 Å². The Morgan fingerprint density at radius 3 is 2.76 bits per heavy atom. The van der Waals surface area contributed by atoms with Crippen molar-refractivity contribution < 1.29 is 14.3 Å². The Labute approximate surface area is 128 Å². The SMILES string of the molecule is CCOC(=O)[C@H]1CCCC1=NNC(=O)c1ccc(Cl)cc1. The lowest BCUT2D eigenvalue weighted by atomic mass is 10.1. The molecule has 1 aromatic rings. The molecule has 0 aliphatic heterocycles. The number of nitrogens with zero attached hydrogens (tertiary/aromatic N) is 1. The third-order valence-electron chi connectivity index (χ3n) is 3.31. The molecule has 0 aromatic heterocycles. The highest BCUT2D eigenvalue weighted by Gasteiger charge is 2.30. The van der Waals surface area contributed by atoms with Crippen molar-refractivity contribution in [1.29, 1.82) is 0 Å². The van der Waals surface area contributed by atoms with Crippen LogP contribution in [-0.2, 0) is 9.53 Å². The highest BCUT2D eigenvalue weighted by atomic mass is 35.5. The van der Waals surface area contributed by atoms with Crippen LogP contribution in [0.5, 0.6) is 0 Å². The number of amides is 1. The number of hydrazone groups is 1. The molecule has 0 bridgehead atoms. The first kappa shape index (κ1) is 15.5. The van der Waals surface area contributed by atoms with Crippen molar-refractivity contribution in [2.45, 2.75) is 26.2 Å². The van der Waals surface area contributed by atoms with E-state index in [2.05, 4.69) is 10.5 Å². The van der Waals surface area contributed by atoms with E-state index in [9.17, 15) is 9.59 Å². The van der Waals surface area contributed by atoms with Gasteiger partial charge in [-0.1, -0.05) is 11.6 Å². The maximum Gasteiger partial charge on any atom is 0.314 e. The lowest BCUT2D eigenvalue weighted by molar-refractivity contribution is -0.145. The third kappa shape index (κ3) is 4.04. The number of nitrogens with one attached hydrogen (secondary N) is 1. The van der Waals surface area contributed by atoms with Crippen molar-refractivity contribution in [2.24, 2.45) is 11.0 Å². The normalized spacial score (nSPS) is 19.5. The van der Waals surface area contributed by atoms with Crippen LogP contribution in [0.4, 0.5) is 0 Å². The minimum absolute atomic E-state index is 0.269. The molecule has 0 unspecified atom stereocenters. The van der Waals surface area contributed by atoms with E-state index in [1.807, 2.05) is 0 Å². The van der Waals surface area contributed by atoms with Gasteiger partial charge in [0.25, 0.3) is 5.91 Å². The van der Waals surface area contributed by atoms with Gasteiger partial charge in [0.1, 0.15) is 0 Å². The number of carbonyl (C=O) groups is 2. The second-order valence-electron chi connectivity index (χ2n) is 4.75. The van der Waals surface area contributed by atoms with Crippen molar-refractivity contribution in [3.63, 3.8) is 0 Å². The van der Waals surface area contributed by atoms with E-state index in [0.717, 1.165) is 6.42 Å². The summed E-state index contributed by atoms with van der Waals surface area (Å²) in [6, 6.07) is 6.52. The van der Waals surface area contributed by atoms with Gasteiger partial charge in [-0.2, -0.15) is 5.10 Å². The Balaban J connectivity index is 2.00. The number of hydrogen-bond donors (Lipinski definition) is 1. The van der Waals surface area contributed by atoms with E-state index in [0.29, 0.717) is 35.7 Å². The smallest absolute Gasteiger partial charge is 0.314 e. The average Bonchev–Trinajstić information content (AvgIpc) is 2.94. The van der Waals surface area contributed by atoms with Crippen LogP contribution in [0.15, 0.2) is 29.4 Å². The van der Waals surface area contributed by atoms with Crippen LogP contribution < -0.4 is 5.43 Å². The average molecular weight is 309 g/mol. The standard InChI is InChI=1S/C15H17ClN2O3/c1-2-21-15(20)12-4-3-5-13(12)17-18-14(19)10-6-8-11(16)9-7-10/h6-9,12H,2-5H2,1H3,(H,18,19)/t12-/m0/s1. The van der Waals surface area contributed by atoms with Gasteiger partial charge in [0.15, 0.2) is 0 Å². The molecule has 1 aromatic carbocycles. The molecule has 1 atom stereocenters. The van der Waals surface area contributed by atoms with Gasteiger partial charge in [0.05, 0.1) is 18.2 Å². The summed E-state index contributed by atoms with van der Waals surface area (Å²) in [7, 11) is 0. The maximum absolute atomic E-state index is 11.9. The monoisotopic (exact) mass is 308 g/mol. The van der Waals surface area contributed by atoms with Crippen LogP contribution in [0.1, 0.15) is 36.5 Å². The molecule has 21 heavy (non-hydrogen) atoms. The van der Waals surface area contributed by atoms with Crippen LogP contribution in [0.2, 0.25) is 5.02 Å². The van der Waals surface area contributed by atoms with E-state index in [1.54, 1.807) is 31.2 Å². The zero-order valence-corrected chi connectivity index (χ0v) is 12.5. The molecule has 0 radical (unpaired) electrons. The summed E-state index contributed by atoms with van der Waals surface area (Å²) in [5.41, 5.74) is 3.63. The van der Waals surface area contributed by atoms with Crippen molar-refractivity contribution in [1.82, 2.24) is 5.43 Å². The molecule has 1 aliphatic carbocycles. The second kappa shape index (κ2) is 7.22. The minimum Gasteiger partial charge on any atom is -0.465 e. The van der Waals surface area contributed by atoms with Crippen LogP contribution in [0, 0.1) is 5.92 Å². The van der Waals surface area contributed by atoms with Gasteiger partial charge < -0.3 is 4.74 Å². The van der Waals surface area contributed by atoms with Gasteiger partial charge in [-0.3, -0.25) is 9.59 Å². The maximum atomic E-state index is 11.9. The molecule has 6 heteroatoms. The summed E-state index contributed by atoms with van der Waals surface area (Å²) in [6.45, 7) is 2.12. The van der Waals surface area contributed by atoms with Gasteiger partial charge in [-0.25, -0.2) is 5.43 Å². The summed E-state index contributed by atoms with van der Waals surface area (Å²) in [4.78, 5) is 23.7. The van der Waals surface area contributed by atoms with E-state index < -0.39 is 0 Å². The first-order valence-corrected chi connectivity index (χ1v) is 7.28. The topological polar surface area (TPSA) is 67.8 Å². The van der Waals surface area contributed by atoms with E-state index in [4.69, 9.17) is 16.3 Å².